The maximum Gasteiger partial charge on any atom is 0.419 e. The highest BCUT2D eigenvalue weighted by molar-refractivity contribution is 5.78. The molecule has 2 aliphatic rings. The summed E-state index contributed by atoms with van der Waals surface area (Å²) in [6.07, 6.45) is 3.16. The maximum atomic E-state index is 13.1. The molecule has 2 aromatic heterocycles. The quantitative estimate of drug-likeness (QED) is 0.726. The number of rotatable bonds is 3. The molecule has 0 saturated carbocycles. The first-order chi connectivity index (χ1) is 14.0. The Balaban J connectivity index is 1.38. The number of aryl methyl sites for hydroxylation is 2. The molecule has 5 rings (SSSR count). The van der Waals surface area contributed by atoms with E-state index >= 15 is 0 Å². The summed E-state index contributed by atoms with van der Waals surface area (Å²) >= 11 is 0. The van der Waals surface area contributed by atoms with Crippen LogP contribution in [0, 0.1) is 6.92 Å². The van der Waals surface area contributed by atoms with Crippen LogP contribution in [0.2, 0.25) is 0 Å². The minimum Gasteiger partial charge on any atom is -0.408 e. The van der Waals surface area contributed by atoms with Crippen molar-refractivity contribution in [2.75, 3.05) is 0 Å². The number of oxazole rings is 1. The number of benzene rings is 1. The Morgan fingerprint density at radius 3 is 2.79 bits per heavy atom. The third-order valence-electron chi connectivity index (χ3n) is 6.12. The van der Waals surface area contributed by atoms with Crippen molar-refractivity contribution in [3.8, 4) is 0 Å². The number of para-hydroxylation sites is 2. The van der Waals surface area contributed by atoms with Crippen molar-refractivity contribution in [1.29, 1.82) is 0 Å². The Bertz CT molecular complexity index is 1220. The van der Waals surface area contributed by atoms with Gasteiger partial charge < -0.3 is 14.3 Å². The molecule has 4 heterocycles. The first-order valence-corrected chi connectivity index (χ1v) is 9.99. The fraction of sp³-hybridized carbons (Fsp3) is 0.429. The van der Waals surface area contributed by atoms with Crippen LogP contribution in [0.4, 0.5) is 0 Å². The van der Waals surface area contributed by atoms with Crippen LogP contribution in [0.3, 0.4) is 0 Å². The van der Waals surface area contributed by atoms with E-state index in [-0.39, 0.29) is 36.5 Å². The molecule has 0 spiro atoms. The third kappa shape index (κ3) is 2.99. The highest BCUT2D eigenvalue weighted by Crippen LogP contribution is 2.33. The number of H-pyrrole nitrogens is 1. The number of aromatic nitrogens is 3. The summed E-state index contributed by atoms with van der Waals surface area (Å²) in [4.78, 5) is 46.9. The number of amides is 1. The Hall–Kier alpha value is -3.16. The number of hydrogen-bond acceptors (Lipinski definition) is 5. The van der Waals surface area contributed by atoms with Crippen molar-refractivity contribution >= 4 is 17.0 Å². The molecule has 1 N–H and O–H groups in total. The second kappa shape index (κ2) is 6.72. The van der Waals surface area contributed by atoms with Gasteiger partial charge in [-0.2, -0.15) is 0 Å². The van der Waals surface area contributed by atoms with Crippen LogP contribution in [0.25, 0.3) is 11.1 Å². The van der Waals surface area contributed by atoms with E-state index in [9.17, 15) is 14.4 Å². The Morgan fingerprint density at radius 2 is 1.97 bits per heavy atom. The molecule has 2 atom stereocenters. The molecular weight excluding hydrogens is 372 g/mol. The van der Waals surface area contributed by atoms with E-state index in [2.05, 4.69) is 9.97 Å². The Morgan fingerprint density at radius 1 is 1.21 bits per heavy atom. The first kappa shape index (κ1) is 17.9. The van der Waals surface area contributed by atoms with Crippen LogP contribution in [0.5, 0.6) is 0 Å². The van der Waals surface area contributed by atoms with Gasteiger partial charge in [-0.3, -0.25) is 14.2 Å². The van der Waals surface area contributed by atoms with Gasteiger partial charge in [-0.1, -0.05) is 12.1 Å². The summed E-state index contributed by atoms with van der Waals surface area (Å²) in [5.41, 5.74) is 2.65. The number of hydrogen-bond donors (Lipinski definition) is 1. The monoisotopic (exact) mass is 394 g/mol. The molecule has 0 unspecified atom stereocenters. The average Bonchev–Trinajstić information content (AvgIpc) is 3.16. The molecule has 0 aliphatic carbocycles. The standard InChI is InChI=1S/C21H22N4O4/c1-12-22-16-11-14-7-6-13(10-15(16)20(27)23-12)25(14)19(26)8-9-24-17-4-2-3-5-18(17)29-21(24)28/h2-5,13-14H,6-11H2,1H3,(H,22,23,27)/t13-,14-/m0/s1. The molecule has 1 aromatic carbocycles. The van der Waals surface area contributed by atoms with Gasteiger partial charge in [0, 0.05) is 43.5 Å². The van der Waals surface area contributed by atoms with Crippen molar-refractivity contribution in [2.45, 2.75) is 57.7 Å². The topological polar surface area (TPSA) is 101 Å². The fourth-order valence-electron chi connectivity index (χ4n) is 4.84. The molecule has 2 aliphatic heterocycles. The molecule has 150 valence electrons. The molecule has 0 radical (unpaired) electrons. The normalized spacial score (nSPS) is 20.7. The van der Waals surface area contributed by atoms with E-state index < -0.39 is 5.76 Å². The summed E-state index contributed by atoms with van der Waals surface area (Å²) < 4.78 is 6.77. The zero-order chi connectivity index (χ0) is 20.1. The van der Waals surface area contributed by atoms with Crippen LogP contribution in [0.15, 0.2) is 38.3 Å². The lowest BCUT2D eigenvalue weighted by atomic mass is 9.98. The second-order valence-corrected chi connectivity index (χ2v) is 7.91. The van der Waals surface area contributed by atoms with E-state index in [1.165, 1.54) is 4.57 Å². The van der Waals surface area contributed by atoms with Gasteiger partial charge >= 0.3 is 5.76 Å². The lowest BCUT2D eigenvalue weighted by Gasteiger charge is -2.28. The van der Waals surface area contributed by atoms with E-state index in [0.717, 1.165) is 18.5 Å². The summed E-state index contributed by atoms with van der Waals surface area (Å²) in [5, 5.41) is 0. The molecule has 1 saturated heterocycles. The Labute approximate surface area is 166 Å². The molecule has 2 bridgehead atoms. The van der Waals surface area contributed by atoms with Gasteiger partial charge in [0.25, 0.3) is 5.56 Å². The average molecular weight is 394 g/mol. The van der Waals surface area contributed by atoms with E-state index in [4.69, 9.17) is 4.42 Å². The van der Waals surface area contributed by atoms with Gasteiger partial charge in [-0.05, 0) is 31.9 Å². The minimum absolute atomic E-state index is 0.00985. The number of fused-ring (bicyclic) bond motifs is 4. The lowest BCUT2D eigenvalue weighted by molar-refractivity contribution is -0.134. The van der Waals surface area contributed by atoms with Crippen molar-refractivity contribution < 1.29 is 9.21 Å². The van der Waals surface area contributed by atoms with Crippen molar-refractivity contribution in [1.82, 2.24) is 19.4 Å². The van der Waals surface area contributed by atoms with E-state index in [1.807, 2.05) is 23.1 Å². The number of carbonyl (C=O) groups excluding carboxylic acids is 1. The van der Waals surface area contributed by atoms with Gasteiger partial charge in [-0.25, -0.2) is 9.78 Å². The number of aromatic amines is 1. The van der Waals surface area contributed by atoms with Crippen molar-refractivity contribution in [3.63, 3.8) is 0 Å². The SMILES string of the molecule is Cc1nc2c(c(=O)[nH]1)C[C@@H]1CC[C@@H](C2)N1C(=O)CCn1c(=O)oc2ccccc21. The number of carbonyl (C=O) groups is 1. The van der Waals surface area contributed by atoms with Crippen LogP contribution in [-0.4, -0.2) is 37.4 Å². The predicted molar refractivity (Wildman–Crippen MR) is 106 cm³/mol. The van der Waals surface area contributed by atoms with Gasteiger partial charge in [0.2, 0.25) is 5.91 Å². The molecule has 1 amide bonds. The van der Waals surface area contributed by atoms with Crippen molar-refractivity contribution in [2.24, 2.45) is 0 Å². The largest absolute Gasteiger partial charge is 0.419 e. The zero-order valence-electron chi connectivity index (χ0n) is 16.2. The molecule has 8 nitrogen and oxygen atoms in total. The molecule has 3 aromatic rings. The van der Waals surface area contributed by atoms with E-state index in [1.54, 1.807) is 13.0 Å². The highest BCUT2D eigenvalue weighted by atomic mass is 16.4. The van der Waals surface area contributed by atoms with Crippen molar-refractivity contribution in [3.05, 3.63) is 62.3 Å². The molecular formula is C21H22N4O4. The van der Waals surface area contributed by atoms with Gasteiger partial charge in [0.15, 0.2) is 5.58 Å². The van der Waals surface area contributed by atoms with Gasteiger partial charge in [0.05, 0.1) is 11.2 Å². The maximum absolute atomic E-state index is 13.1. The van der Waals surface area contributed by atoms with Crippen LogP contribution in [0.1, 0.15) is 36.3 Å². The van der Waals surface area contributed by atoms with Crippen LogP contribution < -0.4 is 11.3 Å². The molecule has 8 heteroatoms. The van der Waals surface area contributed by atoms with Crippen LogP contribution >= 0.6 is 0 Å². The minimum atomic E-state index is -0.448. The van der Waals surface area contributed by atoms with Crippen LogP contribution in [-0.2, 0) is 24.2 Å². The summed E-state index contributed by atoms with van der Waals surface area (Å²) in [6, 6.07) is 7.28. The summed E-state index contributed by atoms with van der Waals surface area (Å²) in [5.74, 6) is 0.169. The summed E-state index contributed by atoms with van der Waals surface area (Å²) in [7, 11) is 0. The lowest BCUT2D eigenvalue weighted by Crippen LogP contribution is -2.42. The molecule has 1 fully saturated rings. The Kier molecular flexibility index (Phi) is 4.15. The van der Waals surface area contributed by atoms with E-state index in [0.29, 0.717) is 35.3 Å². The first-order valence-electron chi connectivity index (χ1n) is 9.99. The highest BCUT2D eigenvalue weighted by Gasteiger charge is 2.40. The smallest absolute Gasteiger partial charge is 0.408 e. The fourth-order valence-corrected chi connectivity index (χ4v) is 4.84. The third-order valence-corrected chi connectivity index (χ3v) is 6.12. The number of nitrogens with one attached hydrogen (secondary N) is 1. The zero-order valence-corrected chi connectivity index (χ0v) is 16.2. The predicted octanol–water partition coefficient (Wildman–Crippen LogP) is 1.53. The second-order valence-electron chi connectivity index (χ2n) is 7.91. The number of nitrogens with zero attached hydrogens (tertiary/aromatic N) is 3. The molecule has 29 heavy (non-hydrogen) atoms. The van der Waals surface area contributed by atoms with Gasteiger partial charge in [-0.15, -0.1) is 0 Å². The van der Waals surface area contributed by atoms with Gasteiger partial charge in [0.1, 0.15) is 5.82 Å². The summed E-state index contributed by atoms with van der Waals surface area (Å²) in [6.45, 7) is 2.05.